The summed E-state index contributed by atoms with van der Waals surface area (Å²) in [5.74, 6) is -0.420. The molecule has 2 heterocycles. The van der Waals surface area contributed by atoms with Crippen molar-refractivity contribution in [3.63, 3.8) is 0 Å². The fraction of sp³-hybridized carbons (Fsp3) is 0.375. The average Bonchev–Trinajstić information content (AvgIpc) is 2.55. The first-order chi connectivity index (χ1) is 12.3. The maximum Gasteiger partial charge on any atom is 0.353 e. The van der Waals surface area contributed by atoms with Gasteiger partial charge in [0, 0.05) is 18.8 Å². The largest absolute Gasteiger partial charge is 0.378 e. The van der Waals surface area contributed by atoms with Gasteiger partial charge in [0.2, 0.25) is 17.6 Å². The van der Waals surface area contributed by atoms with Crippen LogP contribution in [0.15, 0.2) is 24.3 Å². The van der Waals surface area contributed by atoms with Gasteiger partial charge in [0.25, 0.3) is 0 Å². The molecule has 0 spiro atoms. The van der Waals surface area contributed by atoms with Gasteiger partial charge in [0.05, 0.1) is 17.1 Å². The number of nitrogen functional groups attached to an aromatic ring is 1. The quantitative estimate of drug-likeness (QED) is 0.629. The van der Waals surface area contributed by atoms with E-state index in [9.17, 15) is 14.5 Å². The molecule has 1 aromatic heterocycles. The fourth-order valence-electron chi connectivity index (χ4n) is 2.88. The smallest absolute Gasteiger partial charge is 0.353 e. The highest BCUT2D eigenvalue weighted by Gasteiger charge is 2.29. The van der Waals surface area contributed by atoms with Gasteiger partial charge in [-0.25, -0.2) is 4.39 Å². The Balaban J connectivity index is 1.99. The molecule has 0 amide bonds. The molecule has 10 heteroatoms. The Morgan fingerprint density at radius 3 is 2.46 bits per heavy atom. The summed E-state index contributed by atoms with van der Waals surface area (Å²) in [7, 11) is 0. The number of hydrogen-bond acceptors (Lipinski definition) is 8. The highest BCUT2D eigenvalue weighted by atomic mass is 19.1. The number of halogens is 1. The number of nitrogens with zero attached hydrogens (tertiary/aromatic N) is 4. The lowest BCUT2D eigenvalue weighted by atomic mass is 10.2. The molecule has 1 aliphatic rings. The number of aromatic nitrogens is 2. The average molecular weight is 362 g/mol. The fourth-order valence-corrected chi connectivity index (χ4v) is 2.88. The molecular formula is C16H19FN6O3. The van der Waals surface area contributed by atoms with Crippen molar-refractivity contribution in [1.82, 2.24) is 9.97 Å². The first-order valence-electron chi connectivity index (χ1n) is 8.08. The van der Waals surface area contributed by atoms with E-state index in [1.165, 1.54) is 24.3 Å². The molecule has 0 aliphatic carbocycles. The van der Waals surface area contributed by atoms with Crippen molar-refractivity contribution in [1.29, 1.82) is 0 Å². The standard InChI is InChI=1S/C16H19FN6O3/c1-9-7-22(8-10(2)26-9)16-20-14(18)13(23(24)25)15(21-16)19-12-5-3-11(17)4-6-12/h3-6,9-10H,7-8H2,1-2H3,(H3,18,19,20,21). The van der Waals surface area contributed by atoms with E-state index in [4.69, 9.17) is 10.5 Å². The maximum atomic E-state index is 13.1. The molecule has 3 N–H and O–H groups in total. The second kappa shape index (κ2) is 7.08. The number of benzene rings is 1. The summed E-state index contributed by atoms with van der Waals surface area (Å²) in [6, 6.07) is 5.39. The summed E-state index contributed by atoms with van der Waals surface area (Å²) in [6.07, 6.45) is -0.0699. The van der Waals surface area contributed by atoms with Crippen LogP contribution in [0.3, 0.4) is 0 Å². The van der Waals surface area contributed by atoms with E-state index in [1.807, 2.05) is 18.7 Å². The van der Waals surface area contributed by atoms with Crippen LogP contribution < -0.4 is 16.0 Å². The molecule has 138 valence electrons. The number of nitrogens with two attached hydrogens (primary N) is 1. The summed E-state index contributed by atoms with van der Waals surface area (Å²) in [5.41, 5.74) is 5.85. The van der Waals surface area contributed by atoms with Crippen molar-refractivity contribution in [2.45, 2.75) is 26.1 Å². The van der Waals surface area contributed by atoms with E-state index >= 15 is 0 Å². The summed E-state index contributed by atoms with van der Waals surface area (Å²) in [4.78, 5) is 21.0. The van der Waals surface area contributed by atoms with Crippen LogP contribution in [-0.2, 0) is 4.74 Å². The van der Waals surface area contributed by atoms with Gasteiger partial charge in [-0.05, 0) is 38.1 Å². The molecule has 9 nitrogen and oxygen atoms in total. The van der Waals surface area contributed by atoms with Gasteiger partial charge in [-0.3, -0.25) is 10.1 Å². The van der Waals surface area contributed by atoms with Crippen LogP contribution in [0.1, 0.15) is 13.8 Å². The Kier molecular flexibility index (Phi) is 4.85. The monoisotopic (exact) mass is 362 g/mol. The maximum absolute atomic E-state index is 13.1. The SMILES string of the molecule is CC1CN(c2nc(N)c([N+](=O)[O-])c(Nc3ccc(F)cc3)n2)CC(C)O1. The molecule has 0 radical (unpaired) electrons. The number of rotatable bonds is 4. The molecule has 1 aliphatic heterocycles. The zero-order valence-corrected chi connectivity index (χ0v) is 14.3. The van der Waals surface area contributed by atoms with E-state index in [-0.39, 0.29) is 29.8 Å². The van der Waals surface area contributed by atoms with Crippen molar-refractivity contribution in [3.8, 4) is 0 Å². The van der Waals surface area contributed by atoms with Gasteiger partial charge in [-0.2, -0.15) is 9.97 Å². The molecule has 2 atom stereocenters. The molecule has 0 bridgehead atoms. The highest BCUT2D eigenvalue weighted by Crippen LogP contribution is 2.32. The van der Waals surface area contributed by atoms with Gasteiger partial charge in [0.1, 0.15) is 5.82 Å². The van der Waals surface area contributed by atoms with Gasteiger partial charge in [0.15, 0.2) is 0 Å². The second-order valence-electron chi connectivity index (χ2n) is 6.16. The highest BCUT2D eigenvalue weighted by molar-refractivity contribution is 5.74. The number of ether oxygens (including phenoxy) is 1. The van der Waals surface area contributed by atoms with Crippen molar-refractivity contribution in [3.05, 3.63) is 40.2 Å². The molecule has 1 aromatic carbocycles. The summed E-state index contributed by atoms with van der Waals surface area (Å²) in [5, 5.41) is 14.2. The van der Waals surface area contributed by atoms with E-state index in [2.05, 4.69) is 15.3 Å². The van der Waals surface area contributed by atoms with Crippen LogP contribution in [0.2, 0.25) is 0 Å². The topological polar surface area (TPSA) is 119 Å². The third kappa shape index (κ3) is 3.80. The van der Waals surface area contributed by atoms with Crippen LogP contribution in [0.5, 0.6) is 0 Å². The number of hydrogen-bond donors (Lipinski definition) is 2. The van der Waals surface area contributed by atoms with Crippen molar-refractivity contribution in [2.75, 3.05) is 29.0 Å². The molecular weight excluding hydrogens is 343 g/mol. The van der Waals surface area contributed by atoms with Gasteiger partial charge < -0.3 is 20.7 Å². The predicted octanol–water partition coefficient (Wildman–Crippen LogP) is 2.46. The zero-order chi connectivity index (χ0) is 18.8. The molecule has 1 fully saturated rings. The number of nitro groups is 1. The Bertz CT molecular complexity index is 806. The second-order valence-corrected chi connectivity index (χ2v) is 6.16. The lowest BCUT2D eigenvalue weighted by molar-refractivity contribution is -0.383. The number of nitrogens with one attached hydrogen (secondary N) is 1. The van der Waals surface area contributed by atoms with Crippen LogP contribution >= 0.6 is 0 Å². The molecule has 2 unspecified atom stereocenters. The summed E-state index contributed by atoms with van der Waals surface area (Å²) in [6.45, 7) is 4.93. The van der Waals surface area contributed by atoms with Crippen molar-refractivity contribution >= 4 is 29.0 Å². The third-order valence-corrected chi connectivity index (χ3v) is 3.89. The van der Waals surface area contributed by atoms with Crippen LogP contribution in [0.25, 0.3) is 0 Å². The number of anilines is 4. The third-order valence-electron chi connectivity index (χ3n) is 3.89. The normalized spacial score (nSPS) is 20.0. The molecule has 1 saturated heterocycles. The van der Waals surface area contributed by atoms with Crippen LogP contribution in [0.4, 0.5) is 33.3 Å². The van der Waals surface area contributed by atoms with Crippen molar-refractivity contribution < 1.29 is 14.1 Å². The van der Waals surface area contributed by atoms with Crippen LogP contribution in [-0.4, -0.2) is 40.2 Å². The zero-order valence-electron chi connectivity index (χ0n) is 14.3. The molecule has 3 rings (SSSR count). The van der Waals surface area contributed by atoms with Gasteiger partial charge in [-0.15, -0.1) is 0 Å². The Labute approximate surface area is 149 Å². The summed E-state index contributed by atoms with van der Waals surface area (Å²) < 4.78 is 18.8. The lowest BCUT2D eigenvalue weighted by Gasteiger charge is -2.35. The minimum Gasteiger partial charge on any atom is -0.378 e. The molecule has 0 saturated carbocycles. The Morgan fingerprint density at radius 2 is 1.88 bits per heavy atom. The predicted molar refractivity (Wildman–Crippen MR) is 95.0 cm³/mol. The van der Waals surface area contributed by atoms with Crippen molar-refractivity contribution in [2.24, 2.45) is 0 Å². The lowest BCUT2D eigenvalue weighted by Crippen LogP contribution is -2.46. The first kappa shape index (κ1) is 17.8. The minimum atomic E-state index is -0.643. The van der Waals surface area contributed by atoms with Gasteiger partial charge in [-0.1, -0.05) is 0 Å². The Morgan fingerprint density at radius 1 is 1.27 bits per heavy atom. The van der Waals surface area contributed by atoms with E-state index in [0.29, 0.717) is 18.8 Å². The first-order valence-corrected chi connectivity index (χ1v) is 8.08. The number of morpholine rings is 1. The van der Waals surface area contributed by atoms with Crippen LogP contribution in [0, 0.1) is 15.9 Å². The Hall–Kier alpha value is -3.01. The van der Waals surface area contributed by atoms with Gasteiger partial charge >= 0.3 is 5.69 Å². The van der Waals surface area contributed by atoms with E-state index < -0.39 is 16.4 Å². The molecule has 2 aromatic rings. The minimum absolute atomic E-state index is 0.0349. The summed E-state index contributed by atoms with van der Waals surface area (Å²) >= 11 is 0. The van der Waals surface area contributed by atoms with E-state index in [1.54, 1.807) is 0 Å². The molecule has 26 heavy (non-hydrogen) atoms. The van der Waals surface area contributed by atoms with E-state index in [0.717, 1.165) is 0 Å².